The molecule has 0 spiro atoms. The average molecular weight is 325 g/mol. The summed E-state index contributed by atoms with van der Waals surface area (Å²) in [5, 5.41) is 18.8. The van der Waals surface area contributed by atoms with Crippen molar-refractivity contribution in [2.45, 2.75) is 6.42 Å². The highest BCUT2D eigenvalue weighted by atomic mass is 35.5. The van der Waals surface area contributed by atoms with E-state index in [2.05, 4.69) is 16.3 Å². The van der Waals surface area contributed by atoms with Gasteiger partial charge in [0.05, 0.1) is 24.1 Å². The lowest BCUT2D eigenvalue weighted by Crippen LogP contribution is -2.01. The number of hydrogen-bond acceptors (Lipinski definition) is 5. The van der Waals surface area contributed by atoms with E-state index in [4.69, 9.17) is 27.3 Å². The Bertz CT molecular complexity index is 917. The molecule has 0 unspecified atom stereocenters. The molecular formula is C17H13ClN4O. The summed E-state index contributed by atoms with van der Waals surface area (Å²) in [6.45, 7) is 0. The van der Waals surface area contributed by atoms with Crippen molar-refractivity contribution in [2.24, 2.45) is 0 Å². The minimum atomic E-state index is 0.202. The molecule has 0 bridgehead atoms. The first-order valence-electron chi connectivity index (χ1n) is 6.90. The highest BCUT2D eigenvalue weighted by molar-refractivity contribution is 6.35. The van der Waals surface area contributed by atoms with Crippen molar-refractivity contribution in [1.82, 2.24) is 10.2 Å². The quantitative estimate of drug-likeness (QED) is 0.747. The summed E-state index contributed by atoms with van der Waals surface area (Å²) in [7, 11) is 1.63. The van der Waals surface area contributed by atoms with E-state index in [1.807, 2.05) is 30.3 Å². The number of aromatic nitrogens is 2. The van der Waals surface area contributed by atoms with Gasteiger partial charge in [-0.3, -0.25) is 0 Å². The van der Waals surface area contributed by atoms with Crippen molar-refractivity contribution in [1.29, 1.82) is 5.26 Å². The van der Waals surface area contributed by atoms with E-state index in [0.29, 0.717) is 23.1 Å². The van der Waals surface area contributed by atoms with Gasteiger partial charge in [0.2, 0.25) is 0 Å². The Hall–Kier alpha value is -2.84. The second kappa shape index (κ2) is 6.11. The minimum absolute atomic E-state index is 0.202. The fourth-order valence-electron chi connectivity index (χ4n) is 2.46. The lowest BCUT2D eigenvalue weighted by molar-refractivity contribution is 0.414. The SMILES string of the molecule is COc1ccc(Cc2nnc(Cl)c3c(N)c(C#N)ccc23)cc1. The lowest BCUT2D eigenvalue weighted by atomic mass is 10.0. The largest absolute Gasteiger partial charge is 0.497 e. The molecule has 2 N–H and O–H groups in total. The third-order valence-electron chi connectivity index (χ3n) is 3.67. The summed E-state index contributed by atoms with van der Waals surface area (Å²) in [5.74, 6) is 0.795. The number of anilines is 1. The van der Waals surface area contributed by atoms with Crippen molar-refractivity contribution in [2.75, 3.05) is 12.8 Å². The number of methoxy groups -OCH3 is 1. The standard InChI is InChI=1S/C17H13ClN4O/c1-23-12-5-2-10(3-6-12)8-14-13-7-4-11(9-19)16(20)15(13)17(18)22-21-14/h2-7H,8,20H2,1H3. The Labute approximate surface area is 138 Å². The fraction of sp³-hybridized carbons (Fsp3) is 0.118. The second-order valence-electron chi connectivity index (χ2n) is 5.02. The van der Waals surface area contributed by atoms with Crippen LogP contribution in [-0.4, -0.2) is 17.3 Å². The van der Waals surface area contributed by atoms with Crippen molar-refractivity contribution in [3.8, 4) is 11.8 Å². The maximum absolute atomic E-state index is 9.10. The second-order valence-corrected chi connectivity index (χ2v) is 5.38. The van der Waals surface area contributed by atoms with Crippen LogP contribution in [-0.2, 0) is 6.42 Å². The van der Waals surface area contributed by atoms with E-state index in [9.17, 15) is 0 Å². The van der Waals surface area contributed by atoms with Gasteiger partial charge in [0.1, 0.15) is 11.8 Å². The molecule has 5 nitrogen and oxygen atoms in total. The molecule has 0 saturated carbocycles. The van der Waals surface area contributed by atoms with E-state index in [0.717, 1.165) is 22.4 Å². The Morgan fingerprint density at radius 3 is 2.57 bits per heavy atom. The van der Waals surface area contributed by atoms with Gasteiger partial charge in [-0.05, 0) is 23.8 Å². The highest BCUT2D eigenvalue weighted by Gasteiger charge is 2.14. The highest BCUT2D eigenvalue weighted by Crippen LogP contribution is 2.31. The Morgan fingerprint density at radius 1 is 1.17 bits per heavy atom. The first-order chi connectivity index (χ1) is 11.1. The zero-order valence-corrected chi connectivity index (χ0v) is 13.1. The molecular weight excluding hydrogens is 312 g/mol. The van der Waals surface area contributed by atoms with Gasteiger partial charge in [-0.1, -0.05) is 29.8 Å². The van der Waals surface area contributed by atoms with Crippen LogP contribution in [0.3, 0.4) is 0 Å². The molecule has 0 aliphatic heterocycles. The van der Waals surface area contributed by atoms with Crippen LogP contribution in [0.1, 0.15) is 16.8 Å². The maximum atomic E-state index is 9.10. The number of nitrogen functional groups attached to an aromatic ring is 1. The summed E-state index contributed by atoms with van der Waals surface area (Å²) in [4.78, 5) is 0. The number of hydrogen-bond donors (Lipinski definition) is 1. The molecule has 0 aliphatic rings. The first-order valence-corrected chi connectivity index (χ1v) is 7.28. The van der Waals surface area contributed by atoms with E-state index < -0.39 is 0 Å². The number of nitriles is 1. The van der Waals surface area contributed by atoms with Gasteiger partial charge in [-0.15, -0.1) is 5.10 Å². The summed E-state index contributed by atoms with van der Waals surface area (Å²) in [6, 6.07) is 13.2. The molecule has 3 rings (SSSR count). The van der Waals surface area contributed by atoms with Crippen LogP contribution in [0.15, 0.2) is 36.4 Å². The van der Waals surface area contributed by atoms with Crippen LogP contribution in [0.5, 0.6) is 5.75 Å². The fourth-order valence-corrected chi connectivity index (χ4v) is 2.70. The lowest BCUT2D eigenvalue weighted by Gasteiger charge is -2.10. The molecule has 0 amide bonds. The van der Waals surface area contributed by atoms with Crippen molar-refractivity contribution >= 4 is 28.1 Å². The number of nitrogens with zero attached hydrogens (tertiary/aromatic N) is 3. The summed E-state index contributed by atoms with van der Waals surface area (Å²) in [6.07, 6.45) is 0.579. The van der Waals surface area contributed by atoms with E-state index in [1.54, 1.807) is 13.2 Å². The molecule has 1 heterocycles. The Morgan fingerprint density at radius 2 is 1.91 bits per heavy atom. The third-order valence-corrected chi connectivity index (χ3v) is 3.94. The van der Waals surface area contributed by atoms with Gasteiger partial charge in [0, 0.05) is 17.2 Å². The van der Waals surface area contributed by atoms with E-state index >= 15 is 0 Å². The van der Waals surface area contributed by atoms with Crippen molar-refractivity contribution in [3.63, 3.8) is 0 Å². The van der Waals surface area contributed by atoms with Crippen LogP contribution in [0.4, 0.5) is 5.69 Å². The Balaban J connectivity index is 2.09. The molecule has 114 valence electrons. The molecule has 2 aromatic carbocycles. The van der Waals surface area contributed by atoms with Crippen LogP contribution in [0.25, 0.3) is 10.8 Å². The van der Waals surface area contributed by atoms with Gasteiger partial charge in [-0.2, -0.15) is 10.4 Å². The number of benzene rings is 2. The summed E-state index contributed by atoms with van der Waals surface area (Å²) < 4.78 is 5.15. The number of halogens is 1. The number of nitrogens with two attached hydrogens (primary N) is 1. The van der Waals surface area contributed by atoms with E-state index in [1.165, 1.54) is 0 Å². The predicted octanol–water partition coefficient (Wildman–Crippen LogP) is 3.34. The average Bonchev–Trinajstić information content (AvgIpc) is 2.58. The summed E-state index contributed by atoms with van der Waals surface area (Å²) in [5.41, 5.74) is 8.57. The zero-order chi connectivity index (χ0) is 16.4. The molecule has 0 saturated heterocycles. The van der Waals surface area contributed by atoms with E-state index in [-0.39, 0.29) is 5.15 Å². The topological polar surface area (TPSA) is 84.8 Å². The molecule has 6 heteroatoms. The first kappa shape index (κ1) is 15.1. The third kappa shape index (κ3) is 2.77. The van der Waals surface area contributed by atoms with Crippen LogP contribution in [0, 0.1) is 11.3 Å². The molecule has 1 aromatic heterocycles. The normalized spacial score (nSPS) is 10.5. The number of rotatable bonds is 3. The molecule has 23 heavy (non-hydrogen) atoms. The monoisotopic (exact) mass is 324 g/mol. The van der Waals surface area contributed by atoms with Gasteiger partial charge in [0.15, 0.2) is 5.15 Å². The molecule has 0 fully saturated rings. The molecule has 3 aromatic rings. The maximum Gasteiger partial charge on any atom is 0.161 e. The molecule has 0 radical (unpaired) electrons. The van der Waals surface area contributed by atoms with Gasteiger partial charge in [0.25, 0.3) is 0 Å². The van der Waals surface area contributed by atoms with Gasteiger partial charge in [-0.25, -0.2) is 0 Å². The zero-order valence-electron chi connectivity index (χ0n) is 12.4. The van der Waals surface area contributed by atoms with Crippen molar-refractivity contribution in [3.05, 3.63) is 58.4 Å². The van der Waals surface area contributed by atoms with Crippen LogP contribution >= 0.6 is 11.6 Å². The van der Waals surface area contributed by atoms with Crippen LogP contribution < -0.4 is 10.5 Å². The van der Waals surface area contributed by atoms with Crippen LogP contribution in [0.2, 0.25) is 5.15 Å². The van der Waals surface area contributed by atoms with Crippen molar-refractivity contribution < 1.29 is 4.74 Å². The Kier molecular flexibility index (Phi) is 4.00. The summed E-state index contributed by atoms with van der Waals surface area (Å²) >= 11 is 6.13. The minimum Gasteiger partial charge on any atom is -0.497 e. The number of ether oxygens (including phenoxy) is 1. The molecule has 0 atom stereocenters. The molecule has 0 aliphatic carbocycles. The smallest absolute Gasteiger partial charge is 0.161 e. The predicted molar refractivity (Wildman–Crippen MR) is 89.5 cm³/mol. The van der Waals surface area contributed by atoms with Gasteiger partial charge < -0.3 is 10.5 Å². The van der Waals surface area contributed by atoms with Gasteiger partial charge >= 0.3 is 0 Å². The number of fused-ring (bicyclic) bond motifs is 1.